The minimum absolute atomic E-state index is 0.439. The third-order valence-electron chi connectivity index (χ3n) is 2.49. The number of pyridine rings is 1. The summed E-state index contributed by atoms with van der Waals surface area (Å²) >= 11 is 4.56. The minimum Gasteiger partial charge on any atom is -0.443 e. The molecule has 0 saturated heterocycles. The number of halogens is 2. The molecular formula is C14H15BrFN3O2S. The highest BCUT2D eigenvalue weighted by atomic mass is 79.9. The van der Waals surface area contributed by atoms with E-state index in [1.807, 2.05) is 0 Å². The molecule has 0 aliphatic rings. The lowest BCUT2D eigenvalue weighted by atomic mass is 10.2. The normalized spacial score (nSPS) is 11.4. The van der Waals surface area contributed by atoms with Crippen molar-refractivity contribution in [3.8, 4) is 10.6 Å². The molecule has 0 bridgehead atoms. The van der Waals surface area contributed by atoms with E-state index in [-0.39, 0.29) is 0 Å². The highest BCUT2D eigenvalue weighted by molar-refractivity contribution is 9.10. The zero-order valence-electron chi connectivity index (χ0n) is 12.6. The Labute approximate surface area is 140 Å². The van der Waals surface area contributed by atoms with Crippen LogP contribution in [0.4, 0.5) is 14.2 Å². The van der Waals surface area contributed by atoms with Gasteiger partial charge in [0.15, 0.2) is 0 Å². The van der Waals surface area contributed by atoms with Crippen molar-refractivity contribution in [3.63, 3.8) is 0 Å². The van der Waals surface area contributed by atoms with Crippen molar-refractivity contribution in [1.29, 1.82) is 0 Å². The molecule has 0 aliphatic carbocycles. The van der Waals surface area contributed by atoms with Crippen molar-refractivity contribution in [3.05, 3.63) is 28.9 Å². The van der Waals surface area contributed by atoms with E-state index in [0.717, 1.165) is 6.20 Å². The molecule has 0 spiro atoms. The molecule has 0 saturated carbocycles. The predicted octanol–water partition coefficient (Wildman–Crippen LogP) is 4.48. The van der Waals surface area contributed by atoms with Crippen LogP contribution in [-0.2, 0) is 4.74 Å². The van der Waals surface area contributed by atoms with Gasteiger partial charge in [0, 0.05) is 18.8 Å². The first-order valence-electron chi connectivity index (χ1n) is 6.41. The first-order valence-corrected chi connectivity index (χ1v) is 8.02. The average molecular weight is 388 g/mol. The van der Waals surface area contributed by atoms with Crippen molar-refractivity contribution in [1.82, 2.24) is 9.97 Å². The molecule has 0 radical (unpaired) electrons. The lowest BCUT2D eigenvalue weighted by molar-refractivity contribution is 0.0590. The first-order chi connectivity index (χ1) is 10.2. The van der Waals surface area contributed by atoms with Gasteiger partial charge in [0.1, 0.15) is 26.0 Å². The number of carbonyl (C=O) groups is 1. The van der Waals surface area contributed by atoms with Gasteiger partial charge >= 0.3 is 6.09 Å². The lowest BCUT2D eigenvalue weighted by Crippen LogP contribution is -2.33. The summed E-state index contributed by atoms with van der Waals surface area (Å²) in [7, 11) is 1.60. The predicted molar refractivity (Wildman–Crippen MR) is 87.6 cm³/mol. The second-order valence-electron chi connectivity index (χ2n) is 5.55. The Kier molecular flexibility index (Phi) is 4.81. The highest BCUT2D eigenvalue weighted by Gasteiger charge is 2.24. The third kappa shape index (κ3) is 4.01. The number of thiazole rings is 1. The lowest BCUT2D eigenvalue weighted by Gasteiger charge is -2.23. The summed E-state index contributed by atoms with van der Waals surface area (Å²) < 4.78 is 19.1. The van der Waals surface area contributed by atoms with Crippen LogP contribution in [0.3, 0.4) is 0 Å². The monoisotopic (exact) mass is 387 g/mol. The van der Waals surface area contributed by atoms with Gasteiger partial charge in [-0.05, 0) is 42.8 Å². The quantitative estimate of drug-likeness (QED) is 0.762. The van der Waals surface area contributed by atoms with Crippen LogP contribution in [0.2, 0.25) is 0 Å². The van der Waals surface area contributed by atoms with Gasteiger partial charge in [-0.1, -0.05) is 11.3 Å². The SMILES string of the molecule is CN(C(=O)OC(C)(C)C)c1sc(-c2cncc(F)c2)nc1Br. The second kappa shape index (κ2) is 6.29. The fourth-order valence-corrected chi connectivity index (χ4v) is 3.26. The molecule has 2 aromatic heterocycles. The van der Waals surface area contributed by atoms with E-state index in [1.54, 1.807) is 27.8 Å². The standard InChI is InChI=1S/C14H15BrFN3O2S/c1-14(2,3)21-13(20)19(4)12-10(15)18-11(22-12)8-5-9(16)7-17-6-8/h5-7H,1-4H3. The highest BCUT2D eigenvalue weighted by Crippen LogP contribution is 2.37. The summed E-state index contributed by atoms with van der Waals surface area (Å²) in [5, 5.41) is 1.14. The molecule has 0 N–H and O–H groups in total. The maximum atomic E-state index is 13.3. The molecule has 118 valence electrons. The van der Waals surface area contributed by atoms with Crippen LogP contribution >= 0.6 is 27.3 Å². The Balaban J connectivity index is 2.28. The zero-order valence-corrected chi connectivity index (χ0v) is 15.0. The fraction of sp³-hybridized carbons (Fsp3) is 0.357. The average Bonchev–Trinajstić information content (AvgIpc) is 2.78. The third-order valence-corrected chi connectivity index (χ3v) is 4.49. The number of aromatic nitrogens is 2. The van der Waals surface area contributed by atoms with Crippen LogP contribution in [0, 0.1) is 5.82 Å². The molecule has 8 heteroatoms. The van der Waals surface area contributed by atoms with Gasteiger partial charge in [-0.2, -0.15) is 0 Å². The summed E-state index contributed by atoms with van der Waals surface area (Å²) in [5.41, 5.74) is -0.0350. The van der Waals surface area contributed by atoms with Gasteiger partial charge in [-0.3, -0.25) is 9.88 Å². The summed E-state index contributed by atoms with van der Waals surface area (Å²) in [6.45, 7) is 5.39. The van der Waals surface area contributed by atoms with Crippen molar-refractivity contribution < 1.29 is 13.9 Å². The summed E-state index contributed by atoms with van der Waals surface area (Å²) in [6, 6.07) is 1.34. The van der Waals surface area contributed by atoms with E-state index in [9.17, 15) is 9.18 Å². The molecular weight excluding hydrogens is 373 g/mol. The number of rotatable bonds is 2. The Morgan fingerprint density at radius 3 is 2.68 bits per heavy atom. The number of nitrogens with zero attached hydrogens (tertiary/aromatic N) is 3. The molecule has 2 rings (SSSR count). The van der Waals surface area contributed by atoms with Gasteiger partial charge in [0.25, 0.3) is 0 Å². The van der Waals surface area contributed by atoms with E-state index in [1.165, 1.54) is 28.5 Å². The Hall–Kier alpha value is -1.54. The van der Waals surface area contributed by atoms with Crippen LogP contribution in [0.1, 0.15) is 20.8 Å². The maximum absolute atomic E-state index is 13.3. The van der Waals surface area contributed by atoms with E-state index in [0.29, 0.717) is 20.2 Å². The van der Waals surface area contributed by atoms with Crippen LogP contribution in [0.25, 0.3) is 10.6 Å². The van der Waals surface area contributed by atoms with E-state index in [2.05, 4.69) is 25.9 Å². The number of ether oxygens (including phenoxy) is 1. The molecule has 2 aromatic rings. The van der Waals surface area contributed by atoms with Crippen LogP contribution in [0.5, 0.6) is 0 Å². The maximum Gasteiger partial charge on any atom is 0.415 e. The number of anilines is 1. The molecule has 22 heavy (non-hydrogen) atoms. The number of hydrogen-bond donors (Lipinski definition) is 0. The molecule has 5 nitrogen and oxygen atoms in total. The fourth-order valence-electron chi connectivity index (χ4n) is 1.57. The summed E-state index contributed by atoms with van der Waals surface area (Å²) in [4.78, 5) is 21.6. The molecule has 2 heterocycles. The minimum atomic E-state index is -0.585. The molecule has 0 aromatic carbocycles. The Morgan fingerprint density at radius 2 is 2.09 bits per heavy atom. The van der Waals surface area contributed by atoms with Crippen LogP contribution in [0.15, 0.2) is 23.1 Å². The molecule has 0 fully saturated rings. The smallest absolute Gasteiger partial charge is 0.415 e. The van der Waals surface area contributed by atoms with E-state index in [4.69, 9.17) is 4.74 Å². The Bertz CT molecular complexity index is 700. The van der Waals surface area contributed by atoms with Gasteiger partial charge in [0.05, 0.1) is 6.20 Å². The number of amides is 1. The Morgan fingerprint density at radius 1 is 1.41 bits per heavy atom. The zero-order chi connectivity index (χ0) is 16.5. The molecule has 0 aliphatic heterocycles. The molecule has 1 amide bonds. The number of hydrogen-bond acceptors (Lipinski definition) is 5. The second-order valence-corrected chi connectivity index (χ2v) is 7.27. The first kappa shape index (κ1) is 16.8. The largest absolute Gasteiger partial charge is 0.443 e. The summed E-state index contributed by atoms with van der Waals surface area (Å²) in [5.74, 6) is -0.439. The summed E-state index contributed by atoms with van der Waals surface area (Å²) in [6.07, 6.45) is 2.16. The molecule has 0 unspecified atom stereocenters. The van der Waals surface area contributed by atoms with Gasteiger partial charge in [0.2, 0.25) is 0 Å². The van der Waals surface area contributed by atoms with Crippen LogP contribution < -0.4 is 4.90 Å². The van der Waals surface area contributed by atoms with Crippen molar-refractivity contribution in [2.75, 3.05) is 11.9 Å². The topological polar surface area (TPSA) is 55.3 Å². The van der Waals surface area contributed by atoms with Gasteiger partial charge in [-0.25, -0.2) is 14.2 Å². The van der Waals surface area contributed by atoms with Crippen LogP contribution in [-0.4, -0.2) is 28.7 Å². The van der Waals surface area contributed by atoms with Gasteiger partial charge < -0.3 is 4.74 Å². The van der Waals surface area contributed by atoms with Crippen molar-refractivity contribution in [2.45, 2.75) is 26.4 Å². The van der Waals surface area contributed by atoms with Gasteiger partial charge in [-0.15, -0.1) is 0 Å². The molecule has 0 atom stereocenters. The number of carbonyl (C=O) groups excluding carboxylic acids is 1. The van der Waals surface area contributed by atoms with Crippen molar-refractivity contribution in [2.24, 2.45) is 0 Å². The van der Waals surface area contributed by atoms with E-state index >= 15 is 0 Å². The van der Waals surface area contributed by atoms with E-state index < -0.39 is 17.5 Å². The van der Waals surface area contributed by atoms with Crippen molar-refractivity contribution >= 4 is 38.4 Å².